The molecule has 1 aromatic carbocycles. The first-order valence-corrected chi connectivity index (χ1v) is 6.30. The normalized spacial score (nSPS) is 9.84. The van der Waals surface area contributed by atoms with Gasteiger partial charge in [-0.3, -0.25) is 9.59 Å². The van der Waals surface area contributed by atoms with E-state index in [0.29, 0.717) is 19.6 Å². The van der Waals surface area contributed by atoms with Gasteiger partial charge >= 0.3 is 5.97 Å². The molecule has 0 unspecified atom stereocenters. The molecule has 19 heavy (non-hydrogen) atoms. The summed E-state index contributed by atoms with van der Waals surface area (Å²) in [5.74, 6) is -0.308. The summed E-state index contributed by atoms with van der Waals surface area (Å²) < 4.78 is 4.98. The molecule has 0 aliphatic carbocycles. The van der Waals surface area contributed by atoms with Crippen molar-refractivity contribution in [1.29, 1.82) is 0 Å². The molecule has 1 rings (SSSR count). The quantitative estimate of drug-likeness (QED) is 0.611. The van der Waals surface area contributed by atoms with Crippen LogP contribution in [0.1, 0.15) is 25.8 Å². The fourth-order valence-corrected chi connectivity index (χ4v) is 1.55. The molecule has 1 aromatic rings. The maximum Gasteiger partial charge on any atom is 0.305 e. The number of amides is 1. The molecule has 0 saturated carbocycles. The van der Waals surface area contributed by atoms with Crippen LogP contribution >= 0.6 is 0 Å². The summed E-state index contributed by atoms with van der Waals surface area (Å²) in [5, 5.41) is 5.90. The molecule has 0 aromatic heterocycles. The van der Waals surface area contributed by atoms with E-state index in [2.05, 4.69) is 10.6 Å². The number of benzene rings is 1. The smallest absolute Gasteiger partial charge is 0.305 e. The zero-order valence-corrected chi connectivity index (χ0v) is 11.6. The third kappa shape index (κ3) is 5.42. The molecule has 0 fully saturated rings. The molecule has 0 bridgehead atoms. The molecule has 1 amide bonds. The lowest BCUT2D eigenvalue weighted by atomic mass is 10.2. The summed E-state index contributed by atoms with van der Waals surface area (Å²) in [4.78, 5) is 22.0. The number of ether oxygens (including phenoxy) is 1. The Bertz CT molecular complexity index is 458. The second kappa shape index (κ2) is 7.41. The van der Waals surface area contributed by atoms with E-state index in [1.54, 1.807) is 6.92 Å². The van der Waals surface area contributed by atoms with Crippen LogP contribution in [0, 0.1) is 6.92 Å². The van der Waals surface area contributed by atoms with Gasteiger partial charge in [-0.15, -0.1) is 0 Å². The first-order valence-electron chi connectivity index (χ1n) is 6.30. The number of aryl methyl sites for hydroxylation is 1. The Balaban J connectivity index is 2.52. The number of nitrogens with one attached hydrogen (secondary N) is 2. The van der Waals surface area contributed by atoms with Crippen LogP contribution < -0.4 is 10.6 Å². The summed E-state index contributed by atoms with van der Waals surface area (Å²) in [7, 11) is 0. The second-order valence-electron chi connectivity index (χ2n) is 4.21. The molecule has 104 valence electrons. The fourth-order valence-electron chi connectivity index (χ4n) is 1.55. The average molecular weight is 264 g/mol. The van der Waals surface area contributed by atoms with Crippen LogP contribution in [0.4, 0.5) is 11.4 Å². The topological polar surface area (TPSA) is 67.4 Å². The van der Waals surface area contributed by atoms with Crippen molar-refractivity contribution in [2.24, 2.45) is 0 Å². The van der Waals surface area contributed by atoms with Gasteiger partial charge in [0.15, 0.2) is 0 Å². The Labute approximate surface area is 113 Å². The minimum Gasteiger partial charge on any atom is -0.464 e. The predicted molar refractivity (Wildman–Crippen MR) is 75.2 cm³/mol. The summed E-state index contributed by atoms with van der Waals surface area (Å²) in [6.45, 7) is 6.07. The van der Waals surface area contributed by atoms with Gasteiger partial charge in [-0.1, -0.05) is 13.0 Å². The molecule has 5 nitrogen and oxygen atoms in total. The van der Waals surface area contributed by atoms with Crippen LogP contribution in [0.5, 0.6) is 0 Å². The zero-order chi connectivity index (χ0) is 14.3. The lowest BCUT2D eigenvalue weighted by molar-refractivity contribution is -0.142. The number of carbonyl (C=O) groups is 2. The lowest BCUT2D eigenvalue weighted by Gasteiger charge is -2.12. The monoisotopic (exact) mass is 264 g/mol. The second-order valence-corrected chi connectivity index (χ2v) is 4.21. The predicted octanol–water partition coefficient (Wildman–Crippen LogP) is 2.32. The average Bonchev–Trinajstić information content (AvgIpc) is 2.37. The summed E-state index contributed by atoms with van der Waals surface area (Å²) in [5.41, 5.74) is 2.72. The molecule has 5 heteroatoms. The van der Waals surface area contributed by atoms with Gasteiger partial charge in [-0.25, -0.2) is 0 Å². The Hall–Kier alpha value is -2.04. The standard InChI is InChI=1S/C14H20N2O3/c1-4-14(18)19-8-7-15-13-9-12(16-11(3)17)6-5-10(13)2/h5-6,9,15H,4,7-8H2,1-3H3,(H,16,17). The summed E-state index contributed by atoms with van der Waals surface area (Å²) >= 11 is 0. The number of esters is 1. The zero-order valence-electron chi connectivity index (χ0n) is 11.6. The molecular formula is C14H20N2O3. The van der Waals surface area contributed by atoms with Crippen molar-refractivity contribution < 1.29 is 14.3 Å². The highest BCUT2D eigenvalue weighted by Gasteiger charge is 2.02. The highest BCUT2D eigenvalue weighted by Crippen LogP contribution is 2.19. The number of rotatable bonds is 6. The van der Waals surface area contributed by atoms with E-state index in [-0.39, 0.29) is 11.9 Å². The minimum atomic E-state index is -0.203. The number of anilines is 2. The van der Waals surface area contributed by atoms with Gasteiger partial charge in [-0.05, 0) is 24.6 Å². The van der Waals surface area contributed by atoms with Crippen molar-refractivity contribution in [3.63, 3.8) is 0 Å². The molecule has 0 aliphatic heterocycles. The Morgan fingerprint density at radius 1 is 1.32 bits per heavy atom. The van der Waals surface area contributed by atoms with E-state index in [1.165, 1.54) is 6.92 Å². The maximum absolute atomic E-state index is 11.0. The summed E-state index contributed by atoms with van der Waals surface area (Å²) in [6.07, 6.45) is 0.386. The molecule has 0 atom stereocenters. The molecule has 0 saturated heterocycles. The van der Waals surface area contributed by atoms with Gasteiger partial charge in [-0.2, -0.15) is 0 Å². The minimum absolute atomic E-state index is 0.105. The largest absolute Gasteiger partial charge is 0.464 e. The van der Waals surface area contributed by atoms with Crippen LogP contribution in [-0.4, -0.2) is 25.0 Å². The van der Waals surface area contributed by atoms with Gasteiger partial charge in [0.1, 0.15) is 6.61 Å². The van der Waals surface area contributed by atoms with Crippen molar-refractivity contribution >= 4 is 23.3 Å². The van der Waals surface area contributed by atoms with E-state index in [9.17, 15) is 9.59 Å². The van der Waals surface area contributed by atoms with Gasteiger partial charge < -0.3 is 15.4 Å². The number of hydrogen-bond donors (Lipinski definition) is 2. The maximum atomic E-state index is 11.0. The van der Waals surface area contributed by atoms with Crippen molar-refractivity contribution in [1.82, 2.24) is 0 Å². The Morgan fingerprint density at radius 3 is 2.68 bits per heavy atom. The van der Waals surface area contributed by atoms with E-state index in [1.807, 2.05) is 25.1 Å². The van der Waals surface area contributed by atoms with Crippen LogP contribution in [0.3, 0.4) is 0 Å². The van der Waals surface area contributed by atoms with Crippen LogP contribution in [0.15, 0.2) is 18.2 Å². The fraction of sp³-hybridized carbons (Fsp3) is 0.429. The molecule has 0 spiro atoms. The van der Waals surface area contributed by atoms with E-state index >= 15 is 0 Å². The number of hydrogen-bond acceptors (Lipinski definition) is 4. The first kappa shape index (κ1) is 15.0. The van der Waals surface area contributed by atoms with Crippen molar-refractivity contribution in [3.8, 4) is 0 Å². The Kier molecular flexibility index (Phi) is 5.85. The van der Waals surface area contributed by atoms with Gasteiger partial charge in [0, 0.05) is 31.3 Å². The molecule has 0 aliphatic rings. The van der Waals surface area contributed by atoms with E-state index < -0.39 is 0 Å². The van der Waals surface area contributed by atoms with E-state index in [4.69, 9.17) is 4.74 Å². The van der Waals surface area contributed by atoms with Gasteiger partial charge in [0.05, 0.1) is 0 Å². The van der Waals surface area contributed by atoms with Gasteiger partial charge in [0.25, 0.3) is 0 Å². The number of carbonyl (C=O) groups excluding carboxylic acids is 2. The highest BCUT2D eigenvalue weighted by molar-refractivity contribution is 5.89. The van der Waals surface area contributed by atoms with Crippen LogP contribution in [0.25, 0.3) is 0 Å². The van der Waals surface area contributed by atoms with E-state index in [0.717, 1.165) is 16.9 Å². The van der Waals surface area contributed by atoms with Gasteiger partial charge in [0.2, 0.25) is 5.91 Å². The van der Waals surface area contributed by atoms with Crippen LogP contribution in [0.2, 0.25) is 0 Å². The third-order valence-corrected chi connectivity index (χ3v) is 2.53. The molecule has 2 N–H and O–H groups in total. The van der Waals surface area contributed by atoms with Crippen molar-refractivity contribution in [2.45, 2.75) is 27.2 Å². The molecule has 0 radical (unpaired) electrons. The third-order valence-electron chi connectivity index (χ3n) is 2.53. The highest BCUT2D eigenvalue weighted by atomic mass is 16.5. The van der Waals surface area contributed by atoms with Crippen LogP contribution in [-0.2, 0) is 14.3 Å². The Morgan fingerprint density at radius 2 is 2.05 bits per heavy atom. The first-order chi connectivity index (χ1) is 9.02. The SMILES string of the molecule is CCC(=O)OCCNc1cc(NC(C)=O)ccc1C. The lowest BCUT2D eigenvalue weighted by Crippen LogP contribution is -2.14. The van der Waals surface area contributed by atoms with Crippen molar-refractivity contribution in [2.75, 3.05) is 23.8 Å². The van der Waals surface area contributed by atoms with Crippen molar-refractivity contribution in [3.05, 3.63) is 23.8 Å². The molecular weight excluding hydrogens is 244 g/mol. The molecule has 0 heterocycles. The summed E-state index contributed by atoms with van der Waals surface area (Å²) in [6, 6.07) is 5.63.